The minimum atomic E-state index is -4.44. The first-order valence-corrected chi connectivity index (χ1v) is 17.5. The van der Waals surface area contributed by atoms with Gasteiger partial charge in [-0.15, -0.1) is 0 Å². The topological polar surface area (TPSA) is 103 Å². The van der Waals surface area contributed by atoms with Crippen molar-refractivity contribution < 1.29 is 36.2 Å². The number of aryl methyl sites for hydroxylation is 1. The van der Waals surface area contributed by atoms with Crippen LogP contribution in [-0.4, -0.2) is 72.9 Å². The largest absolute Gasteiger partial charge is 0.497 e. The van der Waals surface area contributed by atoms with Crippen LogP contribution >= 0.6 is 0 Å². The Kier molecular flexibility index (Phi) is 10.2. The Morgan fingerprint density at radius 3 is 2.06 bits per heavy atom. The Labute approximate surface area is 289 Å². The lowest BCUT2D eigenvalue weighted by molar-refractivity contribution is -0.136. The van der Waals surface area contributed by atoms with Crippen molar-refractivity contribution in [3.8, 4) is 22.8 Å². The Balaban J connectivity index is 1.39. The highest BCUT2D eigenvalue weighted by Gasteiger charge is 2.31. The number of pyridine rings is 1. The van der Waals surface area contributed by atoms with Gasteiger partial charge in [0, 0.05) is 45.7 Å². The minimum Gasteiger partial charge on any atom is -0.497 e. The molecule has 1 atom stereocenters. The third-order valence-electron chi connectivity index (χ3n) is 8.81. The number of sulfonamides is 1. The van der Waals surface area contributed by atoms with E-state index in [0.717, 1.165) is 17.7 Å². The summed E-state index contributed by atoms with van der Waals surface area (Å²) in [5.74, 6) is -1.03. The van der Waals surface area contributed by atoms with Crippen LogP contribution in [0, 0.1) is 18.6 Å². The number of nitrogens with zero attached hydrogens (tertiary/aromatic N) is 4. The van der Waals surface area contributed by atoms with Crippen molar-refractivity contribution in [3.05, 3.63) is 113 Å². The van der Waals surface area contributed by atoms with E-state index < -0.39 is 38.2 Å². The molecule has 0 aliphatic carbocycles. The average Bonchev–Trinajstić information content (AvgIpc) is 3.44. The molecule has 0 unspecified atom stereocenters. The van der Waals surface area contributed by atoms with Crippen molar-refractivity contribution in [1.82, 2.24) is 18.6 Å². The van der Waals surface area contributed by atoms with E-state index in [9.17, 15) is 13.2 Å². The maximum absolute atomic E-state index is 16.3. The quantitative estimate of drug-likeness (QED) is 0.172. The van der Waals surface area contributed by atoms with Crippen LogP contribution in [0.5, 0.6) is 11.5 Å². The van der Waals surface area contributed by atoms with Crippen molar-refractivity contribution in [1.29, 1.82) is 0 Å². The molecule has 1 saturated heterocycles. The highest BCUT2D eigenvalue weighted by molar-refractivity contribution is 7.89. The molecule has 2 aromatic heterocycles. The summed E-state index contributed by atoms with van der Waals surface area (Å²) in [5.41, 5.74) is 2.73. The molecule has 1 fully saturated rings. The van der Waals surface area contributed by atoms with Crippen LogP contribution in [0.15, 0.2) is 83.9 Å². The first-order valence-electron chi connectivity index (χ1n) is 16.1. The number of hydrogen-bond donors (Lipinski definition) is 0. The predicted molar refractivity (Wildman–Crippen MR) is 183 cm³/mol. The molecule has 3 aromatic carbocycles. The van der Waals surface area contributed by atoms with Gasteiger partial charge in [0.1, 0.15) is 28.8 Å². The van der Waals surface area contributed by atoms with E-state index >= 15 is 8.78 Å². The number of morpholine rings is 1. The number of aromatic nitrogens is 2. The minimum absolute atomic E-state index is 0.0337. The molecule has 13 heteroatoms. The van der Waals surface area contributed by atoms with Crippen molar-refractivity contribution in [2.75, 3.05) is 33.9 Å². The molecule has 1 aliphatic rings. The summed E-state index contributed by atoms with van der Waals surface area (Å²) in [4.78, 5) is 17.8. The third-order valence-corrected chi connectivity index (χ3v) is 10.6. The SMILES string of the molecule is COc1ccc(CN(Cc2ccc(OC)cc2)S(=O)(=O)c2cc(F)c(-c3nc4cc(C)ccn4c3C[C@H]3CN(C(C)=O)CCO3)c(F)c2)cc1. The number of carbonyl (C=O) groups is 1. The molecule has 1 aliphatic heterocycles. The van der Waals surface area contributed by atoms with Gasteiger partial charge in [0.15, 0.2) is 0 Å². The van der Waals surface area contributed by atoms with E-state index in [4.69, 9.17) is 14.2 Å². The second-order valence-electron chi connectivity index (χ2n) is 12.2. The summed E-state index contributed by atoms with van der Waals surface area (Å²) < 4.78 is 80.3. The van der Waals surface area contributed by atoms with Gasteiger partial charge in [-0.3, -0.25) is 4.79 Å². The van der Waals surface area contributed by atoms with Gasteiger partial charge >= 0.3 is 0 Å². The molecule has 5 aromatic rings. The molecule has 0 saturated carbocycles. The van der Waals surface area contributed by atoms with Crippen molar-refractivity contribution in [2.45, 2.75) is 44.4 Å². The van der Waals surface area contributed by atoms with E-state index in [-0.39, 0.29) is 31.1 Å². The highest BCUT2D eigenvalue weighted by atomic mass is 32.2. The average molecular weight is 705 g/mol. The van der Waals surface area contributed by atoms with Gasteiger partial charge in [0.2, 0.25) is 15.9 Å². The Hall–Kier alpha value is -4.85. The fourth-order valence-corrected chi connectivity index (χ4v) is 7.55. The predicted octanol–water partition coefficient (Wildman–Crippen LogP) is 5.79. The zero-order chi connectivity index (χ0) is 35.6. The van der Waals surface area contributed by atoms with Crippen LogP contribution in [0.1, 0.15) is 29.3 Å². The fourth-order valence-electron chi connectivity index (χ4n) is 6.11. The van der Waals surface area contributed by atoms with Gasteiger partial charge in [-0.1, -0.05) is 24.3 Å². The number of carbonyl (C=O) groups excluding carboxylic acids is 1. The fraction of sp³-hybridized carbons (Fsp3) is 0.297. The van der Waals surface area contributed by atoms with E-state index in [1.165, 1.54) is 25.4 Å². The summed E-state index contributed by atoms with van der Waals surface area (Å²) >= 11 is 0. The number of hydrogen-bond acceptors (Lipinski definition) is 7. The number of methoxy groups -OCH3 is 2. The lowest BCUT2D eigenvalue weighted by Gasteiger charge is -2.32. The maximum Gasteiger partial charge on any atom is 0.243 e. The molecule has 1 amide bonds. The van der Waals surface area contributed by atoms with Crippen molar-refractivity contribution >= 4 is 21.6 Å². The first-order chi connectivity index (χ1) is 24.0. The van der Waals surface area contributed by atoms with Crippen LogP contribution in [0.25, 0.3) is 16.9 Å². The summed E-state index contributed by atoms with van der Waals surface area (Å²) in [6.07, 6.45) is 1.54. The molecule has 0 spiro atoms. The van der Waals surface area contributed by atoms with Crippen LogP contribution in [0.3, 0.4) is 0 Å². The number of rotatable bonds is 11. The van der Waals surface area contributed by atoms with Crippen molar-refractivity contribution in [2.24, 2.45) is 0 Å². The molecule has 262 valence electrons. The monoisotopic (exact) mass is 704 g/mol. The normalized spacial score (nSPS) is 15.1. The molecule has 0 bridgehead atoms. The summed E-state index contributed by atoms with van der Waals surface area (Å²) in [6.45, 7) is 4.32. The number of benzene rings is 3. The van der Waals surface area contributed by atoms with Gasteiger partial charge in [-0.2, -0.15) is 4.31 Å². The second kappa shape index (κ2) is 14.6. The molecule has 0 radical (unpaired) electrons. The standard InChI is InChI=1S/C37H38F2N4O6S/c1-24-13-14-43-34(18-30-23-41(25(2)44)15-16-49-30)37(40-35(43)17-24)36-32(38)19-31(20-33(36)39)50(45,46)42(21-26-5-9-28(47-3)10-6-26)22-27-7-11-29(48-4)12-8-27/h5-14,17,19-20,30H,15-16,18,21-23H2,1-4H3/t30-/m0/s1. The molecular formula is C37H38F2N4O6S. The zero-order valence-corrected chi connectivity index (χ0v) is 29.0. The van der Waals surface area contributed by atoms with Crippen LogP contribution in [-0.2, 0) is 39.1 Å². The lowest BCUT2D eigenvalue weighted by Crippen LogP contribution is -2.45. The molecule has 0 N–H and O–H groups in total. The Bertz CT molecular complexity index is 2050. The number of fused-ring (bicyclic) bond motifs is 1. The smallest absolute Gasteiger partial charge is 0.243 e. The number of halogens is 2. The van der Waals surface area contributed by atoms with E-state index in [2.05, 4.69) is 4.98 Å². The number of amides is 1. The second-order valence-corrected chi connectivity index (χ2v) is 14.2. The molecule has 3 heterocycles. The third kappa shape index (κ3) is 7.35. The van der Waals surface area contributed by atoms with Crippen LogP contribution in [0.4, 0.5) is 8.78 Å². The van der Waals surface area contributed by atoms with Gasteiger partial charge < -0.3 is 23.5 Å². The summed E-state index contributed by atoms with van der Waals surface area (Å²) in [7, 11) is -1.38. The van der Waals surface area contributed by atoms with E-state index in [1.807, 2.05) is 13.0 Å². The molecule has 6 rings (SSSR count). The first kappa shape index (κ1) is 35.0. The maximum atomic E-state index is 16.3. The number of ether oxygens (including phenoxy) is 3. The molecule has 10 nitrogen and oxygen atoms in total. The van der Waals surface area contributed by atoms with Gasteiger partial charge in [0.25, 0.3) is 0 Å². The van der Waals surface area contributed by atoms with Gasteiger partial charge in [-0.25, -0.2) is 22.2 Å². The van der Waals surface area contributed by atoms with Crippen LogP contribution in [0.2, 0.25) is 0 Å². The van der Waals surface area contributed by atoms with Crippen molar-refractivity contribution in [3.63, 3.8) is 0 Å². The van der Waals surface area contributed by atoms with Gasteiger partial charge in [0.05, 0.1) is 48.8 Å². The highest BCUT2D eigenvalue weighted by Crippen LogP contribution is 2.34. The summed E-state index contributed by atoms with van der Waals surface area (Å²) in [5, 5.41) is 0. The van der Waals surface area contributed by atoms with E-state index in [0.29, 0.717) is 53.7 Å². The van der Waals surface area contributed by atoms with Crippen LogP contribution < -0.4 is 9.47 Å². The Morgan fingerprint density at radius 2 is 1.52 bits per heavy atom. The number of imidazole rings is 1. The Morgan fingerprint density at radius 1 is 0.940 bits per heavy atom. The van der Waals surface area contributed by atoms with E-state index in [1.54, 1.807) is 70.1 Å². The zero-order valence-electron chi connectivity index (χ0n) is 28.2. The summed E-state index contributed by atoms with van der Waals surface area (Å²) in [6, 6.07) is 19.1. The lowest BCUT2D eigenvalue weighted by atomic mass is 10.0. The van der Waals surface area contributed by atoms with Gasteiger partial charge in [-0.05, 0) is 72.1 Å². The molecular weight excluding hydrogens is 666 g/mol. The molecule has 50 heavy (non-hydrogen) atoms.